The SMILES string of the molecule is CC(C)(C)C(N)CCNc1ccc(-c2ccccc2)cc1. The fraction of sp³-hybridized carbons (Fsp3) is 0.368. The molecule has 2 aromatic carbocycles. The Morgan fingerprint density at radius 2 is 1.48 bits per heavy atom. The van der Waals surface area contributed by atoms with Crippen molar-refractivity contribution >= 4 is 5.69 Å². The first-order valence-corrected chi connectivity index (χ1v) is 7.62. The van der Waals surface area contributed by atoms with Crippen LogP contribution in [0.1, 0.15) is 27.2 Å². The summed E-state index contributed by atoms with van der Waals surface area (Å²) in [6.07, 6.45) is 0.976. The van der Waals surface area contributed by atoms with E-state index in [9.17, 15) is 0 Å². The van der Waals surface area contributed by atoms with Gasteiger partial charge in [0, 0.05) is 18.3 Å². The van der Waals surface area contributed by atoms with Gasteiger partial charge in [0.15, 0.2) is 0 Å². The van der Waals surface area contributed by atoms with Gasteiger partial charge in [-0.25, -0.2) is 0 Å². The third kappa shape index (κ3) is 4.61. The second kappa shape index (κ2) is 6.77. The predicted molar refractivity (Wildman–Crippen MR) is 92.4 cm³/mol. The molecule has 0 aliphatic heterocycles. The van der Waals surface area contributed by atoms with Gasteiger partial charge < -0.3 is 11.1 Å². The van der Waals surface area contributed by atoms with E-state index in [1.54, 1.807) is 0 Å². The van der Waals surface area contributed by atoms with Crippen LogP contribution in [0.25, 0.3) is 11.1 Å². The van der Waals surface area contributed by atoms with Crippen LogP contribution >= 0.6 is 0 Å². The third-order valence-electron chi connectivity index (χ3n) is 3.89. The smallest absolute Gasteiger partial charge is 0.0340 e. The molecule has 0 aliphatic carbocycles. The Morgan fingerprint density at radius 1 is 0.905 bits per heavy atom. The predicted octanol–water partition coefficient (Wildman–Crippen LogP) is 4.53. The standard InChI is InChI=1S/C19H26N2/c1-19(2,3)18(20)13-14-21-17-11-9-16(10-12-17)15-7-5-4-6-8-15/h4-12,18,21H,13-14,20H2,1-3H3. The maximum Gasteiger partial charge on any atom is 0.0340 e. The molecule has 0 fully saturated rings. The normalized spacial score (nSPS) is 13.0. The van der Waals surface area contributed by atoms with Crippen molar-refractivity contribution < 1.29 is 0 Å². The average Bonchev–Trinajstić information content (AvgIpc) is 2.48. The third-order valence-corrected chi connectivity index (χ3v) is 3.89. The van der Waals surface area contributed by atoms with Crippen LogP contribution in [0.4, 0.5) is 5.69 Å². The molecular weight excluding hydrogens is 256 g/mol. The maximum atomic E-state index is 6.18. The lowest BCUT2D eigenvalue weighted by Crippen LogP contribution is -2.36. The van der Waals surface area contributed by atoms with E-state index >= 15 is 0 Å². The summed E-state index contributed by atoms with van der Waals surface area (Å²) in [4.78, 5) is 0. The Bertz CT molecular complexity index is 538. The van der Waals surface area contributed by atoms with E-state index in [2.05, 4.69) is 74.6 Å². The minimum Gasteiger partial charge on any atom is -0.385 e. The molecule has 0 heterocycles. The summed E-state index contributed by atoms with van der Waals surface area (Å²) in [5, 5.41) is 3.45. The molecule has 2 heteroatoms. The highest BCUT2D eigenvalue weighted by molar-refractivity contribution is 5.65. The van der Waals surface area contributed by atoms with Crippen LogP contribution in [0.2, 0.25) is 0 Å². The fourth-order valence-corrected chi connectivity index (χ4v) is 2.22. The average molecular weight is 282 g/mol. The van der Waals surface area contributed by atoms with Gasteiger partial charge in [0.2, 0.25) is 0 Å². The lowest BCUT2D eigenvalue weighted by Gasteiger charge is -2.27. The van der Waals surface area contributed by atoms with Crippen LogP contribution in [0.3, 0.4) is 0 Å². The number of benzene rings is 2. The highest BCUT2D eigenvalue weighted by Gasteiger charge is 2.19. The van der Waals surface area contributed by atoms with Crippen LogP contribution < -0.4 is 11.1 Å². The van der Waals surface area contributed by atoms with Gasteiger partial charge in [-0.1, -0.05) is 63.2 Å². The van der Waals surface area contributed by atoms with Gasteiger partial charge in [0.25, 0.3) is 0 Å². The van der Waals surface area contributed by atoms with Gasteiger partial charge in [-0.2, -0.15) is 0 Å². The first-order chi connectivity index (χ1) is 9.97. The second-order valence-corrected chi connectivity index (χ2v) is 6.63. The Morgan fingerprint density at radius 3 is 2.05 bits per heavy atom. The van der Waals surface area contributed by atoms with Crippen molar-refractivity contribution in [2.75, 3.05) is 11.9 Å². The minimum absolute atomic E-state index is 0.166. The number of nitrogens with two attached hydrogens (primary N) is 1. The molecular formula is C19H26N2. The van der Waals surface area contributed by atoms with Crippen molar-refractivity contribution in [1.29, 1.82) is 0 Å². The first kappa shape index (κ1) is 15.6. The van der Waals surface area contributed by atoms with Crippen LogP contribution in [0, 0.1) is 5.41 Å². The van der Waals surface area contributed by atoms with Crippen LogP contribution in [0.5, 0.6) is 0 Å². The molecule has 112 valence electrons. The van der Waals surface area contributed by atoms with Crippen molar-refractivity contribution in [2.45, 2.75) is 33.2 Å². The van der Waals surface area contributed by atoms with E-state index in [1.807, 2.05) is 6.07 Å². The monoisotopic (exact) mass is 282 g/mol. The number of anilines is 1. The van der Waals surface area contributed by atoms with Crippen molar-refractivity contribution in [3.05, 3.63) is 54.6 Å². The zero-order valence-electron chi connectivity index (χ0n) is 13.3. The van der Waals surface area contributed by atoms with E-state index in [-0.39, 0.29) is 11.5 Å². The molecule has 0 bridgehead atoms. The van der Waals surface area contributed by atoms with E-state index in [0.29, 0.717) is 0 Å². The Balaban J connectivity index is 1.89. The van der Waals surface area contributed by atoms with Crippen LogP contribution in [-0.2, 0) is 0 Å². The fourth-order valence-electron chi connectivity index (χ4n) is 2.22. The zero-order chi connectivity index (χ0) is 15.3. The zero-order valence-corrected chi connectivity index (χ0v) is 13.3. The minimum atomic E-state index is 0.166. The molecule has 0 saturated heterocycles. The summed E-state index contributed by atoms with van der Waals surface area (Å²) < 4.78 is 0. The summed E-state index contributed by atoms with van der Waals surface area (Å²) in [5.74, 6) is 0. The highest BCUT2D eigenvalue weighted by atomic mass is 14.9. The highest BCUT2D eigenvalue weighted by Crippen LogP contribution is 2.22. The summed E-state index contributed by atoms with van der Waals surface area (Å²) >= 11 is 0. The molecule has 21 heavy (non-hydrogen) atoms. The molecule has 0 aromatic heterocycles. The van der Waals surface area contributed by atoms with Crippen molar-refractivity contribution in [2.24, 2.45) is 11.1 Å². The number of nitrogens with one attached hydrogen (secondary N) is 1. The van der Waals surface area contributed by atoms with Gasteiger partial charge in [0.05, 0.1) is 0 Å². The Hall–Kier alpha value is -1.80. The van der Waals surface area contributed by atoms with E-state index in [0.717, 1.165) is 18.7 Å². The number of hydrogen-bond acceptors (Lipinski definition) is 2. The van der Waals surface area contributed by atoms with Crippen LogP contribution in [0.15, 0.2) is 54.6 Å². The van der Waals surface area contributed by atoms with Crippen molar-refractivity contribution in [1.82, 2.24) is 0 Å². The van der Waals surface area contributed by atoms with E-state index in [4.69, 9.17) is 5.73 Å². The molecule has 0 radical (unpaired) electrons. The van der Waals surface area contributed by atoms with Crippen LogP contribution in [-0.4, -0.2) is 12.6 Å². The number of hydrogen-bond donors (Lipinski definition) is 2. The lowest BCUT2D eigenvalue weighted by atomic mass is 9.85. The summed E-state index contributed by atoms with van der Waals surface area (Å²) in [7, 11) is 0. The molecule has 1 atom stereocenters. The Kier molecular flexibility index (Phi) is 5.03. The Labute approximate surface area is 128 Å². The second-order valence-electron chi connectivity index (χ2n) is 6.63. The lowest BCUT2D eigenvalue weighted by molar-refractivity contribution is 0.310. The molecule has 3 N–H and O–H groups in total. The quantitative estimate of drug-likeness (QED) is 0.845. The van der Waals surface area contributed by atoms with Gasteiger partial charge >= 0.3 is 0 Å². The molecule has 0 aliphatic rings. The molecule has 2 nitrogen and oxygen atoms in total. The molecule has 0 saturated carbocycles. The number of rotatable bonds is 5. The summed E-state index contributed by atoms with van der Waals surface area (Å²) in [6, 6.07) is 19.2. The van der Waals surface area contributed by atoms with E-state index < -0.39 is 0 Å². The first-order valence-electron chi connectivity index (χ1n) is 7.62. The molecule has 0 amide bonds. The van der Waals surface area contributed by atoms with Gasteiger partial charge in [-0.3, -0.25) is 0 Å². The van der Waals surface area contributed by atoms with Crippen molar-refractivity contribution in [3.8, 4) is 11.1 Å². The molecule has 2 rings (SSSR count). The summed E-state index contributed by atoms with van der Waals surface area (Å²) in [5.41, 5.74) is 9.98. The molecule has 2 aromatic rings. The van der Waals surface area contributed by atoms with Gasteiger partial charge in [-0.05, 0) is 35.1 Å². The largest absolute Gasteiger partial charge is 0.385 e. The molecule has 1 unspecified atom stereocenters. The molecule has 0 spiro atoms. The van der Waals surface area contributed by atoms with Crippen molar-refractivity contribution in [3.63, 3.8) is 0 Å². The van der Waals surface area contributed by atoms with Gasteiger partial charge in [-0.15, -0.1) is 0 Å². The maximum absolute atomic E-state index is 6.18. The van der Waals surface area contributed by atoms with E-state index in [1.165, 1.54) is 11.1 Å². The van der Waals surface area contributed by atoms with Gasteiger partial charge in [0.1, 0.15) is 0 Å². The topological polar surface area (TPSA) is 38.0 Å². The summed E-state index contributed by atoms with van der Waals surface area (Å²) in [6.45, 7) is 7.47.